The Bertz CT molecular complexity index is 918. The molecule has 9 heteroatoms. The molecule has 1 aromatic carbocycles. The van der Waals surface area contributed by atoms with Crippen molar-refractivity contribution in [3.63, 3.8) is 0 Å². The third-order valence-corrected chi connectivity index (χ3v) is 4.93. The van der Waals surface area contributed by atoms with Crippen molar-refractivity contribution < 1.29 is 9.47 Å². The number of benzene rings is 1. The van der Waals surface area contributed by atoms with Crippen LogP contribution in [0.1, 0.15) is 20.8 Å². The first kappa shape index (κ1) is 19.9. The van der Waals surface area contributed by atoms with Crippen LogP contribution in [0.2, 0.25) is 0 Å². The minimum absolute atomic E-state index is 0.0346. The molecule has 2 heterocycles. The van der Waals surface area contributed by atoms with E-state index in [1.165, 1.54) is 11.8 Å². The minimum Gasteiger partial charge on any atom is -0.490 e. The van der Waals surface area contributed by atoms with E-state index in [9.17, 15) is 0 Å². The van der Waals surface area contributed by atoms with Crippen LogP contribution in [-0.2, 0) is 11.3 Å². The molecule has 144 valence electrons. The standard InChI is InChI=1S/C18H24N5O2PS/c1-11(2)25-13-6-4-5-7-14(13)27-17-15-16(21-18(19)22-17)23(9-20-15)8-12(3)24-10-26/h4-7,9,11-12H,8,10,26H2,1-3H3,(H2,19,21,22). The highest BCUT2D eigenvalue weighted by molar-refractivity contribution is 7.99. The zero-order valence-electron chi connectivity index (χ0n) is 15.6. The van der Waals surface area contributed by atoms with Gasteiger partial charge in [0.1, 0.15) is 16.3 Å². The first-order valence-corrected chi connectivity index (χ1v) is 10.3. The molecule has 0 amide bonds. The molecule has 0 saturated heterocycles. The van der Waals surface area contributed by atoms with E-state index in [1.54, 1.807) is 6.33 Å². The van der Waals surface area contributed by atoms with Crippen molar-refractivity contribution in [1.29, 1.82) is 0 Å². The lowest BCUT2D eigenvalue weighted by atomic mass is 10.3. The summed E-state index contributed by atoms with van der Waals surface area (Å²) in [4.78, 5) is 14.3. The van der Waals surface area contributed by atoms with Gasteiger partial charge in [-0.25, -0.2) is 9.97 Å². The van der Waals surface area contributed by atoms with Gasteiger partial charge in [0.2, 0.25) is 5.95 Å². The van der Waals surface area contributed by atoms with Gasteiger partial charge in [0.25, 0.3) is 0 Å². The van der Waals surface area contributed by atoms with E-state index in [4.69, 9.17) is 15.2 Å². The fourth-order valence-electron chi connectivity index (χ4n) is 2.62. The summed E-state index contributed by atoms with van der Waals surface area (Å²) < 4.78 is 13.4. The summed E-state index contributed by atoms with van der Waals surface area (Å²) in [6, 6.07) is 7.87. The number of hydrogen-bond donors (Lipinski definition) is 1. The van der Waals surface area contributed by atoms with Crippen molar-refractivity contribution in [3.8, 4) is 5.75 Å². The van der Waals surface area contributed by atoms with Crippen LogP contribution in [0.15, 0.2) is 40.5 Å². The SMILES string of the molecule is CC(C)Oc1ccccc1Sc1nc(N)nc2c1ncn2CC(C)OCP. The third kappa shape index (κ3) is 4.89. The zero-order chi connectivity index (χ0) is 19.4. The van der Waals surface area contributed by atoms with Crippen LogP contribution in [0.5, 0.6) is 5.75 Å². The van der Waals surface area contributed by atoms with Crippen molar-refractivity contribution in [2.45, 2.75) is 49.4 Å². The molecule has 0 spiro atoms. The van der Waals surface area contributed by atoms with Crippen LogP contribution in [0, 0.1) is 0 Å². The Hall–Kier alpha value is -1.89. The van der Waals surface area contributed by atoms with Crippen LogP contribution in [0.4, 0.5) is 5.95 Å². The number of para-hydroxylation sites is 1. The molecule has 2 atom stereocenters. The first-order chi connectivity index (χ1) is 13.0. The zero-order valence-corrected chi connectivity index (χ0v) is 17.6. The van der Waals surface area contributed by atoms with E-state index in [2.05, 4.69) is 24.2 Å². The molecule has 0 aliphatic carbocycles. The summed E-state index contributed by atoms with van der Waals surface area (Å²) in [7, 11) is 2.56. The molecule has 0 saturated carbocycles. The van der Waals surface area contributed by atoms with Crippen molar-refractivity contribution in [1.82, 2.24) is 19.5 Å². The third-order valence-electron chi connectivity index (χ3n) is 3.70. The molecule has 7 nitrogen and oxygen atoms in total. The Morgan fingerprint density at radius 3 is 2.74 bits per heavy atom. The summed E-state index contributed by atoms with van der Waals surface area (Å²) in [6.07, 6.45) is 2.45. The monoisotopic (exact) mass is 405 g/mol. The van der Waals surface area contributed by atoms with Gasteiger partial charge in [0, 0.05) is 0 Å². The van der Waals surface area contributed by atoms with Crippen LogP contribution >= 0.6 is 21.0 Å². The molecule has 3 rings (SSSR count). The lowest BCUT2D eigenvalue weighted by molar-refractivity contribution is 0.0912. The number of nitrogens with two attached hydrogens (primary N) is 1. The number of hydrogen-bond acceptors (Lipinski definition) is 7. The lowest BCUT2D eigenvalue weighted by Crippen LogP contribution is -2.15. The van der Waals surface area contributed by atoms with Crippen LogP contribution in [0.3, 0.4) is 0 Å². The van der Waals surface area contributed by atoms with Gasteiger partial charge in [0.15, 0.2) is 5.65 Å². The lowest BCUT2D eigenvalue weighted by Gasteiger charge is -2.14. The second kappa shape index (κ2) is 8.87. The van der Waals surface area contributed by atoms with Crippen molar-refractivity contribution in [2.75, 3.05) is 12.1 Å². The molecule has 0 radical (unpaired) electrons. The van der Waals surface area contributed by atoms with E-state index < -0.39 is 0 Å². The first-order valence-electron chi connectivity index (χ1n) is 8.71. The van der Waals surface area contributed by atoms with Gasteiger partial charge in [-0.3, -0.25) is 0 Å². The minimum atomic E-state index is 0.0346. The molecule has 0 bridgehead atoms. The molecular weight excluding hydrogens is 381 g/mol. The second-order valence-corrected chi connectivity index (χ2v) is 7.68. The largest absolute Gasteiger partial charge is 0.490 e. The van der Waals surface area contributed by atoms with E-state index in [-0.39, 0.29) is 18.2 Å². The summed E-state index contributed by atoms with van der Waals surface area (Å²) in [5.74, 6) is 1.03. The van der Waals surface area contributed by atoms with Crippen molar-refractivity contribution in [3.05, 3.63) is 30.6 Å². The molecule has 0 aliphatic heterocycles. The number of imidazole rings is 1. The molecule has 2 N–H and O–H groups in total. The Labute approximate surface area is 165 Å². The predicted molar refractivity (Wildman–Crippen MR) is 111 cm³/mol. The molecule has 0 fully saturated rings. The highest BCUT2D eigenvalue weighted by Crippen LogP contribution is 2.37. The molecule has 0 aliphatic rings. The maximum absolute atomic E-state index is 5.97. The Balaban J connectivity index is 1.95. The van der Waals surface area contributed by atoms with Gasteiger partial charge in [0.05, 0.1) is 36.3 Å². The van der Waals surface area contributed by atoms with Gasteiger partial charge in [-0.15, -0.1) is 9.24 Å². The number of rotatable bonds is 8. The van der Waals surface area contributed by atoms with Crippen LogP contribution < -0.4 is 10.5 Å². The van der Waals surface area contributed by atoms with Crippen molar-refractivity contribution in [2.24, 2.45) is 0 Å². The number of anilines is 1. The van der Waals surface area contributed by atoms with E-state index in [1.807, 2.05) is 49.6 Å². The Morgan fingerprint density at radius 2 is 2.00 bits per heavy atom. The predicted octanol–water partition coefficient (Wildman–Crippen LogP) is 3.58. The number of aromatic nitrogens is 4. The summed E-state index contributed by atoms with van der Waals surface area (Å²) in [5.41, 5.74) is 7.39. The average Bonchev–Trinajstić information content (AvgIpc) is 2.99. The fraction of sp³-hybridized carbons (Fsp3) is 0.389. The smallest absolute Gasteiger partial charge is 0.223 e. The Morgan fingerprint density at radius 1 is 1.22 bits per heavy atom. The molecular formula is C18H24N5O2PS. The second-order valence-electron chi connectivity index (χ2n) is 6.32. The van der Waals surface area contributed by atoms with Crippen LogP contribution in [-0.4, -0.2) is 38.1 Å². The van der Waals surface area contributed by atoms with Crippen molar-refractivity contribution >= 4 is 38.1 Å². The number of ether oxygens (including phenoxy) is 2. The maximum atomic E-state index is 5.97. The van der Waals surface area contributed by atoms with E-state index in [0.717, 1.165) is 10.6 Å². The van der Waals surface area contributed by atoms with Gasteiger partial charge >= 0.3 is 0 Å². The number of nitrogens with zero attached hydrogens (tertiary/aromatic N) is 4. The van der Waals surface area contributed by atoms with E-state index >= 15 is 0 Å². The number of nitrogen functional groups attached to an aromatic ring is 1. The number of fused-ring (bicyclic) bond motifs is 1. The highest BCUT2D eigenvalue weighted by atomic mass is 32.2. The molecule has 2 unspecified atom stereocenters. The van der Waals surface area contributed by atoms with Gasteiger partial charge in [-0.05, 0) is 32.9 Å². The van der Waals surface area contributed by atoms with Gasteiger partial charge < -0.3 is 19.8 Å². The average molecular weight is 405 g/mol. The van der Waals surface area contributed by atoms with Gasteiger partial charge in [-0.2, -0.15) is 4.98 Å². The highest BCUT2D eigenvalue weighted by Gasteiger charge is 2.17. The summed E-state index contributed by atoms with van der Waals surface area (Å²) >= 11 is 1.48. The van der Waals surface area contributed by atoms with Gasteiger partial charge in [-0.1, -0.05) is 23.9 Å². The normalized spacial score (nSPS) is 12.6. The molecule has 27 heavy (non-hydrogen) atoms. The quantitative estimate of drug-likeness (QED) is 0.453. The molecule has 3 aromatic rings. The summed E-state index contributed by atoms with van der Waals surface area (Å²) in [6.45, 7) is 6.65. The maximum Gasteiger partial charge on any atom is 0.223 e. The topological polar surface area (TPSA) is 88.1 Å². The molecule has 2 aromatic heterocycles. The Kier molecular flexibility index (Phi) is 6.52. The fourth-order valence-corrected chi connectivity index (χ4v) is 3.90. The summed E-state index contributed by atoms with van der Waals surface area (Å²) in [5, 5.41) is 0.704. The van der Waals surface area contributed by atoms with E-state index in [0.29, 0.717) is 29.1 Å². The van der Waals surface area contributed by atoms with Crippen LogP contribution in [0.25, 0.3) is 11.2 Å².